The third kappa shape index (κ3) is 3.93. The number of benzene rings is 3. The Bertz CT molecular complexity index is 1270. The summed E-state index contributed by atoms with van der Waals surface area (Å²) in [4.78, 5) is 29.2. The minimum atomic E-state index is -0.181. The van der Waals surface area contributed by atoms with E-state index >= 15 is 0 Å². The number of ketones is 1. The summed E-state index contributed by atoms with van der Waals surface area (Å²) in [5, 5.41) is 0. The van der Waals surface area contributed by atoms with Crippen LogP contribution in [0.2, 0.25) is 0 Å². The van der Waals surface area contributed by atoms with Gasteiger partial charge in [-0.25, -0.2) is 0 Å². The SMILES string of the molecule is Cc1cccc(C2CC(=O)N(c3ccc(C)c(C)c3)C3=C2C(=O)CC(c2ccccc2)C3)c1. The third-order valence-corrected chi connectivity index (χ3v) is 7.19. The molecule has 1 heterocycles. The monoisotopic (exact) mass is 435 g/mol. The average molecular weight is 436 g/mol. The van der Waals surface area contributed by atoms with Gasteiger partial charge in [0.15, 0.2) is 5.78 Å². The van der Waals surface area contributed by atoms with Crippen molar-refractivity contribution in [3.8, 4) is 0 Å². The lowest BCUT2D eigenvalue weighted by atomic mass is 9.72. The molecule has 1 aliphatic carbocycles. The first kappa shape index (κ1) is 21.4. The third-order valence-electron chi connectivity index (χ3n) is 7.19. The van der Waals surface area contributed by atoms with E-state index in [2.05, 4.69) is 63.2 Å². The van der Waals surface area contributed by atoms with E-state index in [0.29, 0.717) is 19.3 Å². The number of carbonyl (C=O) groups excluding carboxylic acids is 2. The second-order valence-corrected chi connectivity index (χ2v) is 9.47. The van der Waals surface area contributed by atoms with E-state index in [0.717, 1.165) is 39.2 Å². The van der Waals surface area contributed by atoms with E-state index < -0.39 is 0 Å². The predicted molar refractivity (Wildman–Crippen MR) is 132 cm³/mol. The number of hydrogen-bond donors (Lipinski definition) is 0. The van der Waals surface area contributed by atoms with Crippen molar-refractivity contribution in [3.63, 3.8) is 0 Å². The molecule has 2 unspecified atom stereocenters. The molecule has 3 heteroatoms. The van der Waals surface area contributed by atoms with Crippen molar-refractivity contribution in [1.82, 2.24) is 0 Å². The van der Waals surface area contributed by atoms with E-state index in [1.165, 1.54) is 5.56 Å². The number of hydrogen-bond acceptors (Lipinski definition) is 2. The van der Waals surface area contributed by atoms with Gasteiger partial charge in [0.25, 0.3) is 0 Å². The summed E-state index contributed by atoms with van der Waals surface area (Å²) < 4.78 is 0. The van der Waals surface area contributed by atoms with Gasteiger partial charge in [0.05, 0.1) is 0 Å². The number of Topliss-reactive ketones (excluding diaryl/α,β-unsaturated/α-hetero) is 1. The molecule has 0 fully saturated rings. The number of amides is 1. The summed E-state index contributed by atoms with van der Waals surface area (Å²) in [6, 6.07) is 24.6. The van der Waals surface area contributed by atoms with Gasteiger partial charge in [-0.3, -0.25) is 14.5 Å². The van der Waals surface area contributed by atoms with Crippen LogP contribution in [0.3, 0.4) is 0 Å². The second kappa shape index (κ2) is 8.47. The zero-order chi connectivity index (χ0) is 23.1. The van der Waals surface area contributed by atoms with Crippen LogP contribution in [0.1, 0.15) is 58.9 Å². The van der Waals surface area contributed by atoms with Gasteiger partial charge in [-0.2, -0.15) is 0 Å². The van der Waals surface area contributed by atoms with Crippen molar-refractivity contribution >= 4 is 17.4 Å². The Morgan fingerprint density at radius 1 is 0.727 bits per heavy atom. The molecule has 2 aliphatic rings. The maximum atomic E-state index is 13.7. The maximum Gasteiger partial charge on any atom is 0.232 e. The van der Waals surface area contributed by atoms with Gasteiger partial charge in [-0.05, 0) is 67.5 Å². The summed E-state index contributed by atoms with van der Waals surface area (Å²) in [6.45, 7) is 6.20. The molecule has 0 spiro atoms. The van der Waals surface area contributed by atoms with Crippen molar-refractivity contribution in [3.05, 3.63) is 112 Å². The van der Waals surface area contributed by atoms with Gasteiger partial charge < -0.3 is 0 Å². The van der Waals surface area contributed by atoms with Crippen LogP contribution in [0.4, 0.5) is 5.69 Å². The molecule has 3 aromatic carbocycles. The van der Waals surface area contributed by atoms with E-state index in [9.17, 15) is 9.59 Å². The molecule has 0 bridgehead atoms. The quantitative estimate of drug-likeness (QED) is 0.469. The lowest BCUT2D eigenvalue weighted by Gasteiger charge is -2.40. The number of carbonyl (C=O) groups is 2. The molecular formula is C30H29NO2. The van der Waals surface area contributed by atoms with Crippen molar-refractivity contribution in [2.75, 3.05) is 4.90 Å². The molecule has 0 N–H and O–H groups in total. The van der Waals surface area contributed by atoms with Gasteiger partial charge in [-0.15, -0.1) is 0 Å². The second-order valence-electron chi connectivity index (χ2n) is 9.47. The summed E-state index contributed by atoms with van der Waals surface area (Å²) in [7, 11) is 0. The number of anilines is 1. The van der Waals surface area contributed by atoms with Gasteiger partial charge in [-0.1, -0.05) is 66.2 Å². The molecule has 1 aliphatic heterocycles. The summed E-state index contributed by atoms with van der Waals surface area (Å²) >= 11 is 0. The summed E-state index contributed by atoms with van der Waals surface area (Å²) in [6.07, 6.45) is 1.49. The fraction of sp³-hybridized carbons (Fsp3) is 0.267. The summed E-state index contributed by atoms with van der Waals surface area (Å²) in [5.41, 5.74) is 8.26. The molecule has 33 heavy (non-hydrogen) atoms. The Morgan fingerprint density at radius 2 is 1.48 bits per heavy atom. The largest absolute Gasteiger partial charge is 0.294 e. The van der Waals surface area contributed by atoms with Crippen LogP contribution in [0.25, 0.3) is 0 Å². The van der Waals surface area contributed by atoms with Crippen molar-refractivity contribution in [2.45, 2.75) is 51.9 Å². The molecule has 3 nitrogen and oxygen atoms in total. The summed E-state index contributed by atoms with van der Waals surface area (Å²) in [5.74, 6) is 0.123. The van der Waals surface area contributed by atoms with Crippen LogP contribution in [0.5, 0.6) is 0 Å². The molecule has 2 atom stereocenters. The number of allylic oxidation sites excluding steroid dienone is 2. The fourth-order valence-corrected chi connectivity index (χ4v) is 5.33. The highest BCUT2D eigenvalue weighted by Gasteiger charge is 2.42. The number of rotatable bonds is 3. The van der Waals surface area contributed by atoms with Crippen LogP contribution in [0, 0.1) is 20.8 Å². The van der Waals surface area contributed by atoms with Gasteiger partial charge in [0.2, 0.25) is 5.91 Å². The Kier molecular flexibility index (Phi) is 5.49. The molecule has 0 radical (unpaired) electrons. The maximum absolute atomic E-state index is 13.7. The van der Waals surface area contributed by atoms with Crippen LogP contribution >= 0.6 is 0 Å². The molecule has 3 aromatic rings. The van der Waals surface area contributed by atoms with E-state index in [1.54, 1.807) is 0 Å². The van der Waals surface area contributed by atoms with Gasteiger partial charge >= 0.3 is 0 Å². The highest BCUT2D eigenvalue weighted by Crippen LogP contribution is 2.47. The minimum absolute atomic E-state index is 0.0602. The first-order valence-corrected chi connectivity index (χ1v) is 11.7. The Morgan fingerprint density at radius 3 is 2.21 bits per heavy atom. The zero-order valence-electron chi connectivity index (χ0n) is 19.5. The Hall–Kier alpha value is -3.46. The first-order chi connectivity index (χ1) is 15.9. The Labute approximate surface area is 195 Å². The van der Waals surface area contributed by atoms with Crippen LogP contribution in [0.15, 0.2) is 84.1 Å². The number of nitrogens with zero attached hydrogens (tertiary/aromatic N) is 1. The standard InChI is InChI=1S/C30H29NO2/c1-19-8-7-11-23(14-19)26-18-29(33)31(25-13-12-20(2)21(3)15-25)27-16-24(17-28(32)30(26)27)22-9-5-4-6-10-22/h4-15,24,26H,16-18H2,1-3H3. The minimum Gasteiger partial charge on any atom is -0.294 e. The zero-order valence-corrected chi connectivity index (χ0v) is 19.5. The molecule has 0 saturated heterocycles. The van der Waals surface area contributed by atoms with Crippen LogP contribution in [-0.2, 0) is 9.59 Å². The molecular weight excluding hydrogens is 406 g/mol. The normalized spacial score (nSPS) is 20.8. The molecule has 5 rings (SSSR count). The van der Waals surface area contributed by atoms with Crippen molar-refractivity contribution < 1.29 is 9.59 Å². The van der Waals surface area contributed by atoms with Gasteiger partial charge in [0.1, 0.15) is 0 Å². The number of aryl methyl sites for hydroxylation is 3. The Balaban J connectivity index is 1.67. The van der Waals surface area contributed by atoms with Crippen molar-refractivity contribution in [2.24, 2.45) is 0 Å². The van der Waals surface area contributed by atoms with Crippen molar-refractivity contribution in [1.29, 1.82) is 0 Å². The molecule has 1 amide bonds. The van der Waals surface area contributed by atoms with Crippen LogP contribution < -0.4 is 4.90 Å². The predicted octanol–water partition coefficient (Wildman–Crippen LogP) is 6.53. The smallest absolute Gasteiger partial charge is 0.232 e. The lowest BCUT2D eigenvalue weighted by Crippen LogP contribution is -2.41. The first-order valence-electron chi connectivity index (χ1n) is 11.7. The topological polar surface area (TPSA) is 37.4 Å². The molecule has 0 aromatic heterocycles. The van der Waals surface area contributed by atoms with Crippen LogP contribution in [-0.4, -0.2) is 11.7 Å². The van der Waals surface area contributed by atoms with E-state index in [1.807, 2.05) is 35.2 Å². The van der Waals surface area contributed by atoms with E-state index in [4.69, 9.17) is 0 Å². The molecule has 0 saturated carbocycles. The lowest BCUT2D eigenvalue weighted by molar-refractivity contribution is -0.120. The van der Waals surface area contributed by atoms with Gasteiger partial charge in [0, 0.05) is 35.7 Å². The highest BCUT2D eigenvalue weighted by molar-refractivity contribution is 6.08. The fourth-order valence-electron chi connectivity index (χ4n) is 5.33. The molecule has 166 valence electrons. The highest BCUT2D eigenvalue weighted by atomic mass is 16.2. The average Bonchev–Trinajstić information content (AvgIpc) is 2.81. The van der Waals surface area contributed by atoms with E-state index in [-0.39, 0.29) is 23.5 Å².